The molecule has 1 N–H and O–H groups in total. The predicted molar refractivity (Wildman–Crippen MR) is 64.2 cm³/mol. The van der Waals surface area contributed by atoms with Gasteiger partial charge >= 0.3 is 0 Å². The van der Waals surface area contributed by atoms with Gasteiger partial charge < -0.3 is 10.1 Å². The van der Waals surface area contributed by atoms with Gasteiger partial charge in [-0.3, -0.25) is 4.90 Å². The number of hydrogen-bond donors (Lipinski definition) is 1. The smallest absolute Gasteiger partial charge is 0.0613 e. The summed E-state index contributed by atoms with van der Waals surface area (Å²) < 4.78 is 5.09. The van der Waals surface area contributed by atoms with Crippen LogP contribution in [0, 0.1) is 0 Å². The van der Waals surface area contributed by atoms with Crippen molar-refractivity contribution in [2.75, 3.05) is 33.4 Å². The fourth-order valence-electron chi connectivity index (χ4n) is 2.25. The molecule has 1 heterocycles. The first-order valence-corrected chi connectivity index (χ1v) is 6.20. The maximum Gasteiger partial charge on any atom is 0.0613 e. The van der Waals surface area contributed by atoms with Gasteiger partial charge in [-0.1, -0.05) is 6.42 Å². The van der Waals surface area contributed by atoms with E-state index in [9.17, 15) is 0 Å². The first kappa shape index (κ1) is 12.9. The number of methoxy groups -OCH3 is 1. The maximum atomic E-state index is 5.09. The van der Waals surface area contributed by atoms with Gasteiger partial charge in [0.15, 0.2) is 0 Å². The first-order chi connectivity index (χ1) is 7.24. The van der Waals surface area contributed by atoms with Crippen molar-refractivity contribution in [3.05, 3.63) is 0 Å². The Morgan fingerprint density at radius 2 is 2.27 bits per heavy atom. The molecule has 2 unspecified atom stereocenters. The minimum Gasteiger partial charge on any atom is -0.383 e. The molecule has 1 saturated heterocycles. The molecule has 0 aromatic rings. The van der Waals surface area contributed by atoms with Crippen LogP contribution in [0.15, 0.2) is 0 Å². The number of nitrogens with zero attached hydrogens (tertiary/aromatic N) is 1. The van der Waals surface area contributed by atoms with E-state index < -0.39 is 0 Å². The van der Waals surface area contributed by atoms with E-state index in [2.05, 4.69) is 24.1 Å². The van der Waals surface area contributed by atoms with Crippen LogP contribution in [-0.2, 0) is 4.74 Å². The number of rotatable bonds is 6. The number of likely N-dealkylation sites (tertiary alicyclic amines) is 1. The summed E-state index contributed by atoms with van der Waals surface area (Å²) >= 11 is 0. The second-order valence-electron chi connectivity index (χ2n) is 4.69. The third kappa shape index (κ3) is 4.96. The zero-order valence-electron chi connectivity index (χ0n) is 10.5. The average molecular weight is 214 g/mol. The Kier molecular flexibility index (Phi) is 6.22. The standard InChI is InChI=1S/C12H26N2O/c1-11(10-15-3)13-7-9-14-8-5-4-6-12(14)2/h11-13H,4-10H2,1-3H3. The topological polar surface area (TPSA) is 24.5 Å². The summed E-state index contributed by atoms with van der Waals surface area (Å²) in [6.07, 6.45) is 4.15. The van der Waals surface area contributed by atoms with Crippen LogP contribution in [0.5, 0.6) is 0 Å². The lowest BCUT2D eigenvalue weighted by atomic mass is 10.0. The van der Waals surface area contributed by atoms with E-state index in [1.54, 1.807) is 7.11 Å². The fraction of sp³-hybridized carbons (Fsp3) is 1.00. The SMILES string of the molecule is COCC(C)NCCN1CCCCC1C. The lowest BCUT2D eigenvalue weighted by Crippen LogP contribution is -2.43. The zero-order chi connectivity index (χ0) is 11.1. The van der Waals surface area contributed by atoms with E-state index >= 15 is 0 Å². The molecule has 3 heteroatoms. The van der Waals surface area contributed by atoms with Gasteiger partial charge in [0.2, 0.25) is 0 Å². The third-order valence-corrected chi connectivity index (χ3v) is 3.25. The first-order valence-electron chi connectivity index (χ1n) is 6.20. The van der Waals surface area contributed by atoms with Gasteiger partial charge in [-0.05, 0) is 33.2 Å². The van der Waals surface area contributed by atoms with Gasteiger partial charge in [-0.2, -0.15) is 0 Å². The largest absolute Gasteiger partial charge is 0.383 e. The second kappa shape index (κ2) is 7.20. The highest BCUT2D eigenvalue weighted by molar-refractivity contribution is 4.74. The lowest BCUT2D eigenvalue weighted by molar-refractivity contribution is 0.148. The predicted octanol–water partition coefficient (Wildman–Crippen LogP) is 1.49. The van der Waals surface area contributed by atoms with Crippen molar-refractivity contribution in [2.24, 2.45) is 0 Å². The van der Waals surface area contributed by atoms with Gasteiger partial charge in [0, 0.05) is 32.3 Å². The molecule has 0 aromatic carbocycles. The molecule has 15 heavy (non-hydrogen) atoms. The lowest BCUT2D eigenvalue weighted by Gasteiger charge is -2.33. The van der Waals surface area contributed by atoms with Gasteiger partial charge in [0.1, 0.15) is 0 Å². The van der Waals surface area contributed by atoms with Crippen LogP contribution in [0.1, 0.15) is 33.1 Å². The minimum absolute atomic E-state index is 0.468. The summed E-state index contributed by atoms with van der Waals surface area (Å²) in [5.74, 6) is 0. The Balaban J connectivity index is 2.08. The van der Waals surface area contributed by atoms with Crippen molar-refractivity contribution >= 4 is 0 Å². The molecular weight excluding hydrogens is 188 g/mol. The summed E-state index contributed by atoms with van der Waals surface area (Å²) in [5.41, 5.74) is 0. The normalized spacial score (nSPS) is 25.4. The van der Waals surface area contributed by atoms with Gasteiger partial charge in [-0.15, -0.1) is 0 Å². The van der Waals surface area contributed by atoms with Crippen LogP contribution in [0.2, 0.25) is 0 Å². The highest BCUT2D eigenvalue weighted by atomic mass is 16.5. The molecule has 1 aliphatic heterocycles. The number of piperidine rings is 1. The minimum atomic E-state index is 0.468. The molecular formula is C12H26N2O. The van der Waals surface area contributed by atoms with Crippen LogP contribution in [-0.4, -0.2) is 50.3 Å². The number of ether oxygens (including phenoxy) is 1. The summed E-state index contributed by atoms with van der Waals surface area (Å²) in [6, 6.07) is 1.24. The molecule has 2 atom stereocenters. The summed E-state index contributed by atoms with van der Waals surface area (Å²) in [5, 5.41) is 3.48. The Morgan fingerprint density at radius 1 is 1.47 bits per heavy atom. The van der Waals surface area contributed by atoms with E-state index in [1.807, 2.05) is 0 Å². The Morgan fingerprint density at radius 3 is 2.93 bits per heavy atom. The monoisotopic (exact) mass is 214 g/mol. The second-order valence-corrected chi connectivity index (χ2v) is 4.69. The van der Waals surface area contributed by atoms with Crippen molar-refractivity contribution in [1.82, 2.24) is 10.2 Å². The Labute approximate surface area is 94.2 Å². The molecule has 0 amide bonds. The highest BCUT2D eigenvalue weighted by Gasteiger charge is 2.17. The van der Waals surface area contributed by atoms with E-state index in [1.165, 1.54) is 32.4 Å². The fourth-order valence-corrected chi connectivity index (χ4v) is 2.25. The van der Waals surface area contributed by atoms with Crippen molar-refractivity contribution in [2.45, 2.75) is 45.2 Å². The molecule has 90 valence electrons. The van der Waals surface area contributed by atoms with Crippen molar-refractivity contribution in [3.8, 4) is 0 Å². The van der Waals surface area contributed by atoms with Gasteiger partial charge in [-0.25, -0.2) is 0 Å². The summed E-state index contributed by atoms with van der Waals surface area (Å²) in [7, 11) is 1.75. The average Bonchev–Trinajstić information content (AvgIpc) is 2.21. The van der Waals surface area contributed by atoms with Crippen LogP contribution in [0.3, 0.4) is 0 Å². The van der Waals surface area contributed by atoms with Gasteiger partial charge in [0.25, 0.3) is 0 Å². The van der Waals surface area contributed by atoms with Crippen molar-refractivity contribution < 1.29 is 4.74 Å². The zero-order valence-corrected chi connectivity index (χ0v) is 10.5. The van der Waals surface area contributed by atoms with Crippen LogP contribution in [0.4, 0.5) is 0 Å². The van der Waals surface area contributed by atoms with Crippen LogP contribution in [0.25, 0.3) is 0 Å². The van der Waals surface area contributed by atoms with E-state index in [4.69, 9.17) is 4.74 Å². The number of hydrogen-bond acceptors (Lipinski definition) is 3. The molecule has 0 saturated carbocycles. The molecule has 0 aromatic heterocycles. The molecule has 1 rings (SSSR count). The van der Waals surface area contributed by atoms with Crippen molar-refractivity contribution in [1.29, 1.82) is 0 Å². The molecule has 1 aliphatic rings. The highest BCUT2D eigenvalue weighted by Crippen LogP contribution is 2.15. The summed E-state index contributed by atoms with van der Waals surface area (Å²) in [6.45, 7) is 8.85. The molecule has 0 spiro atoms. The van der Waals surface area contributed by atoms with E-state index in [-0.39, 0.29) is 0 Å². The molecule has 0 radical (unpaired) electrons. The van der Waals surface area contributed by atoms with Crippen LogP contribution >= 0.6 is 0 Å². The molecule has 3 nitrogen and oxygen atoms in total. The maximum absolute atomic E-state index is 5.09. The Bertz CT molecular complexity index is 164. The van der Waals surface area contributed by atoms with Gasteiger partial charge in [0.05, 0.1) is 6.61 Å². The molecule has 1 fully saturated rings. The van der Waals surface area contributed by atoms with E-state index in [0.29, 0.717) is 6.04 Å². The van der Waals surface area contributed by atoms with Crippen molar-refractivity contribution in [3.63, 3.8) is 0 Å². The number of nitrogens with one attached hydrogen (secondary N) is 1. The molecule has 0 aliphatic carbocycles. The van der Waals surface area contributed by atoms with Crippen LogP contribution < -0.4 is 5.32 Å². The summed E-state index contributed by atoms with van der Waals surface area (Å²) in [4.78, 5) is 2.59. The third-order valence-electron chi connectivity index (χ3n) is 3.25. The van der Waals surface area contributed by atoms with E-state index in [0.717, 1.165) is 19.2 Å². The Hall–Kier alpha value is -0.120. The quantitative estimate of drug-likeness (QED) is 0.725. The molecule has 0 bridgehead atoms.